The van der Waals surface area contributed by atoms with Crippen LogP contribution in [0.5, 0.6) is 0 Å². The van der Waals surface area contributed by atoms with Gasteiger partial charge in [-0.2, -0.15) is 0 Å². The van der Waals surface area contributed by atoms with Crippen LogP contribution in [0.1, 0.15) is 34.6 Å². The molecule has 0 bridgehead atoms. The number of hydrogen-bond donors (Lipinski definition) is 1. The molecule has 2 rings (SSSR count). The Balaban J connectivity index is 2.34. The van der Waals surface area contributed by atoms with Gasteiger partial charge in [0.2, 0.25) is 0 Å². The summed E-state index contributed by atoms with van der Waals surface area (Å²) in [6.45, 7) is 3.55. The van der Waals surface area contributed by atoms with Gasteiger partial charge in [-0.3, -0.25) is 9.00 Å². The van der Waals surface area contributed by atoms with Gasteiger partial charge in [-0.15, -0.1) is 11.3 Å². The van der Waals surface area contributed by atoms with Gasteiger partial charge in [-0.05, 0) is 25.8 Å². The summed E-state index contributed by atoms with van der Waals surface area (Å²) >= 11 is 1.15. The molecule has 23 heavy (non-hydrogen) atoms. The van der Waals surface area contributed by atoms with Crippen molar-refractivity contribution in [2.45, 2.75) is 26.0 Å². The molecule has 0 spiro atoms. The standard InChI is InChI=1S/C14H17NO6S2/c1-3-20-13(17)10-8-5-6-23(19)7-9(8)22-12(10)15-11(16)14(18)21-4-2/h3-7H2,1-2H3,(H,15,16). The molecular formula is C14H17NO6S2. The van der Waals surface area contributed by atoms with Gasteiger partial charge in [0.25, 0.3) is 0 Å². The van der Waals surface area contributed by atoms with Gasteiger partial charge in [0.15, 0.2) is 0 Å². The lowest BCUT2D eigenvalue weighted by Gasteiger charge is -2.12. The van der Waals surface area contributed by atoms with E-state index in [0.29, 0.717) is 17.9 Å². The molecule has 1 aliphatic heterocycles. The Morgan fingerprint density at radius 3 is 2.57 bits per heavy atom. The van der Waals surface area contributed by atoms with Crippen LogP contribution in [0, 0.1) is 0 Å². The fourth-order valence-electron chi connectivity index (χ4n) is 2.19. The number of ether oxygens (including phenoxy) is 2. The lowest BCUT2D eigenvalue weighted by molar-refractivity contribution is -0.152. The normalized spacial score (nSPS) is 16.3. The molecule has 0 fully saturated rings. The van der Waals surface area contributed by atoms with Crippen molar-refractivity contribution < 1.29 is 28.1 Å². The highest BCUT2D eigenvalue weighted by atomic mass is 32.2. The summed E-state index contributed by atoms with van der Waals surface area (Å²) in [7, 11) is -0.984. The molecule has 0 aromatic carbocycles. The highest BCUT2D eigenvalue weighted by molar-refractivity contribution is 7.84. The van der Waals surface area contributed by atoms with E-state index >= 15 is 0 Å². The van der Waals surface area contributed by atoms with Crippen molar-refractivity contribution in [3.8, 4) is 0 Å². The molecule has 126 valence electrons. The van der Waals surface area contributed by atoms with Gasteiger partial charge >= 0.3 is 17.8 Å². The Morgan fingerprint density at radius 2 is 1.91 bits per heavy atom. The van der Waals surface area contributed by atoms with Crippen LogP contribution in [0.2, 0.25) is 0 Å². The lowest BCUT2D eigenvalue weighted by atomic mass is 10.1. The molecule has 1 amide bonds. The quantitative estimate of drug-likeness (QED) is 0.641. The Morgan fingerprint density at radius 1 is 1.22 bits per heavy atom. The Hall–Kier alpha value is -1.74. The maximum absolute atomic E-state index is 12.2. The van der Waals surface area contributed by atoms with Crippen LogP contribution >= 0.6 is 11.3 Å². The van der Waals surface area contributed by atoms with Crippen molar-refractivity contribution in [1.29, 1.82) is 0 Å². The number of hydrogen-bond acceptors (Lipinski definition) is 7. The topological polar surface area (TPSA) is 98.8 Å². The summed E-state index contributed by atoms with van der Waals surface area (Å²) < 4.78 is 21.4. The summed E-state index contributed by atoms with van der Waals surface area (Å²) in [4.78, 5) is 36.2. The van der Waals surface area contributed by atoms with Crippen LogP contribution in [0.3, 0.4) is 0 Å². The van der Waals surface area contributed by atoms with E-state index in [1.807, 2.05) is 0 Å². The smallest absolute Gasteiger partial charge is 0.397 e. The van der Waals surface area contributed by atoms with Gasteiger partial charge in [-0.1, -0.05) is 0 Å². The van der Waals surface area contributed by atoms with E-state index in [1.54, 1.807) is 13.8 Å². The number of carbonyl (C=O) groups excluding carboxylic acids is 3. The fraction of sp³-hybridized carbons (Fsp3) is 0.500. The van der Waals surface area contributed by atoms with E-state index in [1.165, 1.54) is 0 Å². The number of rotatable bonds is 4. The minimum Gasteiger partial charge on any atom is -0.462 e. The number of nitrogens with one attached hydrogen (secondary N) is 1. The van der Waals surface area contributed by atoms with Gasteiger partial charge in [0, 0.05) is 21.4 Å². The fourth-order valence-corrected chi connectivity index (χ4v) is 4.88. The number of carbonyl (C=O) groups is 3. The van der Waals surface area contributed by atoms with Crippen molar-refractivity contribution >= 4 is 45.0 Å². The molecule has 9 heteroatoms. The average Bonchev–Trinajstić information content (AvgIpc) is 2.84. The average molecular weight is 359 g/mol. The van der Waals surface area contributed by atoms with Crippen molar-refractivity contribution in [2.75, 3.05) is 24.3 Å². The number of amides is 1. The van der Waals surface area contributed by atoms with Crippen LogP contribution < -0.4 is 5.32 Å². The van der Waals surface area contributed by atoms with E-state index in [0.717, 1.165) is 21.8 Å². The zero-order valence-corrected chi connectivity index (χ0v) is 14.4. The first-order valence-corrected chi connectivity index (χ1v) is 9.43. The second-order valence-electron chi connectivity index (χ2n) is 4.64. The van der Waals surface area contributed by atoms with E-state index in [9.17, 15) is 18.6 Å². The van der Waals surface area contributed by atoms with Crippen molar-refractivity contribution in [2.24, 2.45) is 0 Å². The predicted octanol–water partition coefficient (Wildman–Crippen LogP) is 1.23. The number of fused-ring (bicyclic) bond motifs is 1. The molecule has 2 heterocycles. The van der Waals surface area contributed by atoms with E-state index in [4.69, 9.17) is 4.74 Å². The van der Waals surface area contributed by atoms with E-state index in [-0.39, 0.29) is 23.8 Å². The summed E-state index contributed by atoms with van der Waals surface area (Å²) in [6, 6.07) is 0. The third kappa shape index (κ3) is 3.97. The molecule has 0 radical (unpaired) electrons. The van der Waals surface area contributed by atoms with Crippen LogP contribution in [-0.2, 0) is 42.0 Å². The maximum Gasteiger partial charge on any atom is 0.397 e. The highest BCUT2D eigenvalue weighted by Crippen LogP contribution is 2.37. The number of esters is 2. The first-order valence-electron chi connectivity index (χ1n) is 7.12. The third-order valence-electron chi connectivity index (χ3n) is 3.13. The van der Waals surface area contributed by atoms with Crippen LogP contribution in [0.4, 0.5) is 5.00 Å². The second kappa shape index (κ2) is 7.69. The molecular weight excluding hydrogens is 342 g/mol. The Labute approximate surface area is 139 Å². The molecule has 1 aliphatic rings. The van der Waals surface area contributed by atoms with Crippen LogP contribution in [0.15, 0.2) is 0 Å². The van der Waals surface area contributed by atoms with Crippen molar-refractivity contribution in [3.05, 3.63) is 16.0 Å². The predicted molar refractivity (Wildman–Crippen MR) is 86.0 cm³/mol. The monoisotopic (exact) mass is 359 g/mol. The zero-order chi connectivity index (χ0) is 17.0. The third-order valence-corrected chi connectivity index (χ3v) is 5.73. The van der Waals surface area contributed by atoms with Gasteiger partial charge in [-0.25, -0.2) is 9.59 Å². The zero-order valence-electron chi connectivity index (χ0n) is 12.8. The van der Waals surface area contributed by atoms with Crippen molar-refractivity contribution in [3.63, 3.8) is 0 Å². The highest BCUT2D eigenvalue weighted by Gasteiger charge is 2.30. The Kier molecular flexibility index (Phi) is 5.89. The minimum absolute atomic E-state index is 0.0803. The summed E-state index contributed by atoms with van der Waals surface area (Å²) in [5, 5.41) is 2.65. The molecule has 0 saturated carbocycles. The molecule has 0 saturated heterocycles. The van der Waals surface area contributed by atoms with Gasteiger partial charge in [0.1, 0.15) is 5.00 Å². The molecule has 1 aromatic rings. The largest absolute Gasteiger partial charge is 0.462 e. The van der Waals surface area contributed by atoms with E-state index in [2.05, 4.69) is 10.1 Å². The first-order chi connectivity index (χ1) is 11.0. The molecule has 1 atom stereocenters. The molecule has 7 nitrogen and oxygen atoms in total. The minimum atomic E-state index is -1.02. The Bertz CT molecular complexity index is 666. The molecule has 0 aliphatic carbocycles. The molecule has 1 aromatic heterocycles. The van der Waals surface area contributed by atoms with Crippen LogP contribution in [0.25, 0.3) is 0 Å². The molecule has 1 unspecified atom stereocenters. The maximum atomic E-state index is 12.2. The number of thiophene rings is 1. The first kappa shape index (κ1) is 17.6. The summed E-state index contributed by atoms with van der Waals surface area (Å²) in [5.74, 6) is -1.73. The summed E-state index contributed by atoms with van der Waals surface area (Å²) in [5.41, 5.74) is 0.994. The number of anilines is 1. The van der Waals surface area contributed by atoms with Crippen molar-refractivity contribution in [1.82, 2.24) is 0 Å². The summed E-state index contributed by atoms with van der Waals surface area (Å²) in [6.07, 6.45) is 0.474. The molecule has 1 N–H and O–H groups in total. The van der Waals surface area contributed by atoms with Crippen LogP contribution in [-0.4, -0.2) is 41.0 Å². The lowest BCUT2D eigenvalue weighted by Crippen LogP contribution is -2.25. The van der Waals surface area contributed by atoms with E-state index < -0.39 is 28.6 Å². The SMILES string of the molecule is CCOC(=O)C(=O)Nc1sc2c(c1C(=O)OCC)CCS(=O)C2. The second-order valence-corrected chi connectivity index (χ2v) is 7.32. The van der Waals surface area contributed by atoms with Gasteiger partial charge < -0.3 is 14.8 Å². The van der Waals surface area contributed by atoms with Gasteiger partial charge in [0.05, 0.1) is 24.5 Å².